The average molecular weight is 544 g/mol. The number of rotatable bonds is 9. The molecular formula is C31H37N5O4. The first-order chi connectivity index (χ1) is 19.5. The van der Waals surface area contributed by atoms with E-state index in [0.29, 0.717) is 36.8 Å². The summed E-state index contributed by atoms with van der Waals surface area (Å²) in [5, 5.41) is 8.96. The largest absolute Gasteiger partial charge is 0.497 e. The van der Waals surface area contributed by atoms with Crippen LogP contribution in [0, 0.1) is 5.92 Å². The predicted molar refractivity (Wildman–Crippen MR) is 153 cm³/mol. The number of carbonyl (C=O) groups is 2. The molecule has 1 atom stereocenters. The van der Waals surface area contributed by atoms with Gasteiger partial charge in [0.05, 0.1) is 26.0 Å². The van der Waals surface area contributed by atoms with Crippen LogP contribution in [-0.4, -0.2) is 78.8 Å². The van der Waals surface area contributed by atoms with Crippen molar-refractivity contribution in [1.82, 2.24) is 20.0 Å². The van der Waals surface area contributed by atoms with Gasteiger partial charge in [-0.25, -0.2) is 0 Å². The van der Waals surface area contributed by atoms with Crippen molar-refractivity contribution in [3.8, 4) is 22.8 Å². The summed E-state index contributed by atoms with van der Waals surface area (Å²) in [7, 11) is 3.24. The molecule has 210 valence electrons. The van der Waals surface area contributed by atoms with E-state index < -0.39 is 0 Å². The SMILES string of the molecule is COc1ccc(-c2ccc(N3CCCN(C(=O)CN(C(=O)C4CC4)C(C)c4ccccc4)CC3)nn2)c(OC)c1. The standard InChI is InChI=1S/C31H37N5O4/c1-22(23-8-5-4-6-9-23)36(31(38)24-10-11-24)21-30(37)35-17-7-16-34(18-19-35)29-15-14-27(32-33-29)26-13-12-25(39-2)20-28(26)40-3/h4-6,8-9,12-15,20,22,24H,7,10-11,16-19,21H2,1-3H3. The Morgan fingerprint density at radius 2 is 1.75 bits per heavy atom. The van der Waals surface area contributed by atoms with Crippen LogP contribution in [0.3, 0.4) is 0 Å². The second-order valence-corrected chi connectivity index (χ2v) is 10.4. The van der Waals surface area contributed by atoms with Gasteiger partial charge in [0.25, 0.3) is 0 Å². The van der Waals surface area contributed by atoms with Gasteiger partial charge in [-0.1, -0.05) is 30.3 Å². The summed E-state index contributed by atoms with van der Waals surface area (Å²) in [6.07, 6.45) is 2.63. The number of benzene rings is 2. The van der Waals surface area contributed by atoms with Crippen LogP contribution in [0.5, 0.6) is 11.5 Å². The van der Waals surface area contributed by atoms with Gasteiger partial charge in [-0.2, -0.15) is 0 Å². The average Bonchev–Trinajstić information content (AvgIpc) is 3.87. The zero-order valence-corrected chi connectivity index (χ0v) is 23.5. The molecule has 1 aromatic heterocycles. The van der Waals surface area contributed by atoms with Gasteiger partial charge in [0.2, 0.25) is 11.8 Å². The molecule has 3 aromatic rings. The van der Waals surface area contributed by atoms with Gasteiger partial charge in [0.15, 0.2) is 5.82 Å². The predicted octanol–water partition coefficient (Wildman–Crippen LogP) is 4.20. The fourth-order valence-electron chi connectivity index (χ4n) is 5.17. The number of anilines is 1. The summed E-state index contributed by atoms with van der Waals surface area (Å²) in [6, 6.07) is 19.3. The Labute approximate surface area is 235 Å². The molecule has 2 aliphatic rings. The molecule has 1 aliphatic carbocycles. The highest BCUT2D eigenvalue weighted by molar-refractivity contribution is 5.87. The van der Waals surface area contributed by atoms with Crippen molar-refractivity contribution in [2.75, 3.05) is 51.8 Å². The molecule has 2 aromatic carbocycles. The van der Waals surface area contributed by atoms with Gasteiger partial charge in [0.1, 0.15) is 18.0 Å². The van der Waals surface area contributed by atoms with E-state index in [9.17, 15) is 9.59 Å². The maximum Gasteiger partial charge on any atom is 0.242 e. The minimum Gasteiger partial charge on any atom is -0.497 e. The molecular weight excluding hydrogens is 506 g/mol. The molecule has 2 amide bonds. The number of ether oxygens (including phenoxy) is 2. The maximum absolute atomic E-state index is 13.5. The molecule has 5 rings (SSSR count). The van der Waals surface area contributed by atoms with Gasteiger partial charge in [0, 0.05) is 43.7 Å². The van der Waals surface area contributed by atoms with Gasteiger partial charge < -0.3 is 24.2 Å². The lowest BCUT2D eigenvalue weighted by atomic mass is 10.1. The summed E-state index contributed by atoms with van der Waals surface area (Å²) in [5.41, 5.74) is 2.59. The first kappa shape index (κ1) is 27.4. The van der Waals surface area contributed by atoms with Crippen molar-refractivity contribution in [3.63, 3.8) is 0 Å². The van der Waals surface area contributed by atoms with Crippen LogP contribution in [0.1, 0.15) is 37.8 Å². The van der Waals surface area contributed by atoms with E-state index in [1.165, 1.54) is 0 Å². The number of hydrogen-bond acceptors (Lipinski definition) is 7. The van der Waals surface area contributed by atoms with Crippen molar-refractivity contribution in [1.29, 1.82) is 0 Å². The Balaban J connectivity index is 1.23. The molecule has 1 unspecified atom stereocenters. The molecule has 0 N–H and O–H groups in total. The molecule has 40 heavy (non-hydrogen) atoms. The zero-order chi connectivity index (χ0) is 28.1. The third-order valence-electron chi connectivity index (χ3n) is 7.77. The summed E-state index contributed by atoms with van der Waals surface area (Å²) < 4.78 is 10.8. The summed E-state index contributed by atoms with van der Waals surface area (Å²) >= 11 is 0. The molecule has 2 heterocycles. The van der Waals surface area contributed by atoms with Crippen LogP contribution in [0.15, 0.2) is 60.7 Å². The minimum absolute atomic E-state index is 0.00772. The molecule has 1 aliphatic heterocycles. The van der Waals surface area contributed by atoms with E-state index in [-0.39, 0.29) is 30.3 Å². The fourth-order valence-corrected chi connectivity index (χ4v) is 5.17. The van der Waals surface area contributed by atoms with Gasteiger partial charge in [-0.3, -0.25) is 9.59 Å². The van der Waals surface area contributed by atoms with Crippen LogP contribution in [0.2, 0.25) is 0 Å². The van der Waals surface area contributed by atoms with Crippen molar-refractivity contribution in [3.05, 3.63) is 66.2 Å². The van der Waals surface area contributed by atoms with E-state index >= 15 is 0 Å². The maximum atomic E-state index is 13.5. The van der Waals surface area contributed by atoms with E-state index in [1.807, 2.05) is 72.5 Å². The molecule has 0 spiro atoms. The number of amides is 2. The summed E-state index contributed by atoms with van der Waals surface area (Å²) in [4.78, 5) is 32.4. The highest BCUT2D eigenvalue weighted by Crippen LogP contribution is 2.34. The third kappa shape index (κ3) is 6.19. The van der Waals surface area contributed by atoms with E-state index in [2.05, 4.69) is 15.1 Å². The number of carbonyl (C=O) groups excluding carboxylic acids is 2. The van der Waals surface area contributed by atoms with Crippen molar-refractivity contribution < 1.29 is 19.1 Å². The van der Waals surface area contributed by atoms with E-state index in [0.717, 1.165) is 42.8 Å². The molecule has 9 nitrogen and oxygen atoms in total. The summed E-state index contributed by atoms with van der Waals surface area (Å²) in [5.74, 6) is 2.29. The van der Waals surface area contributed by atoms with Crippen molar-refractivity contribution in [2.24, 2.45) is 5.92 Å². The van der Waals surface area contributed by atoms with Crippen LogP contribution >= 0.6 is 0 Å². The molecule has 2 fully saturated rings. The lowest BCUT2D eigenvalue weighted by molar-refractivity contribution is -0.143. The van der Waals surface area contributed by atoms with Crippen molar-refractivity contribution >= 4 is 17.6 Å². The monoisotopic (exact) mass is 543 g/mol. The number of hydrogen-bond donors (Lipinski definition) is 0. The molecule has 0 bridgehead atoms. The first-order valence-corrected chi connectivity index (χ1v) is 13.9. The number of aromatic nitrogens is 2. The second-order valence-electron chi connectivity index (χ2n) is 10.4. The molecule has 1 saturated carbocycles. The Hall–Kier alpha value is -4.14. The Bertz CT molecular complexity index is 1310. The summed E-state index contributed by atoms with van der Waals surface area (Å²) in [6.45, 7) is 4.75. The second kappa shape index (κ2) is 12.4. The Kier molecular flexibility index (Phi) is 8.48. The Morgan fingerprint density at radius 3 is 2.42 bits per heavy atom. The van der Waals surface area contributed by atoms with Crippen molar-refractivity contribution in [2.45, 2.75) is 32.2 Å². The highest BCUT2D eigenvalue weighted by Gasteiger charge is 2.37. The van der Waals surface area contributed by atoms with Crippen LogP contribution in [0.4, 0.5) is 5.82 Å². The molecule has 9 heteroatoms. The van der Waals surface area contributed by atoms with Crippen LogP contribution in [-0.2, 0) is 9.59 Å². The topological polar surface area (TPSA) is 88.1 Å². The first-order valence-electron chi connectivity index (χ1n) is 13.9. The lowest BCUT2D eigenvalue weighted by Gasteiger charge is -2.32. The number of methoxy groups -OCH3 is 2. The Morgan fingerprint density at radius 1 is 0.950 bits per heavy atom. The normalized spacial score (nSPS) is 16.2. The highest BCUT2D eigenvalue weighted by atomic mass is 16.5. The van der Waals surface area contributed by atoms with Crippen LogP contribution in [0.25, 0.3) is 11.3 Å². The van der Waals surface area contributed by atoms with Gasteiger partial charge >= 0.3 is 0 Å². The minimum atomic E-state index is -0.153. The van der Waals surface area contributed by atoms with Gasteiger partial charge in [-0.05, 0) is 56.0 Å². The zero-order valence-electron chi connectivity index (χ0n) is 23.5. The fraction of sp³-hybridized carbons (Fsp3) is 0.419. The van der Waals surface area contributed by atoms with Gasteiger partial charge in [-0.15, -0.1) is 10.2 Å². The van der Waals surface area contributed by atoms with E-state index in [4.69, 9.17) is 9.47 Å². The lowest BCUT2D eigenvalue weighted by Crippen LogP contribution is -2.45. The number of nitrogens with zero attached hydrogens (tertiary/aromatic N) is 5. The quantitative estimate of drug-likeness (QED) is 0.400. The molecule has 1 saturated heterocycles. The van der Waals surface area contributed by atoms with E-state index in [1.54, 1.807) is 19.1 Å². The van der Waals surface area contributed by atoms with Crippen LogP contribution < -0.4 is 14.4 Å². The third-order valence-corrected chi connectivity index (χ3v) is 7.77. The molecule has 0 radical (unpaired) electrons. The smallest absolute Gasteiger partial charge is 0.242 e.